The van der Waals surface area contributed by atoms with Gasteiger partial charge in [0.1, 0.15) is 0 Å². The van der Waals surface area contributed by atoms with Gasteiger partial charge in [-0.3, -0.25) is 0 Å². The molecule has 2 nitrogen and oxygen atoms in total. The van der Waals surface area contributed by atoms with Gasteiger partial charge < -0.3 is 0 Å². The van der Waals surface area contributed by atoms with Gasteiger partial charge in [-0.05, 0) is 40.1 Å². The van der Waals surface area contributed by atoms with Crippen molar-refractivity contribution in [2.75, 3.05) is 6.26 Å². The molecule has 1 aromatic heterocycles. The van der Waals surface area contributed by atoms with Crippen LogP contribution < -0.4 is 0 Å². The van der Waals surface area contributed by atoms with Crippen molar-refractivity contribution in [2.45, 2.75) is 9.72 Å². The Morgan fingerprint density at radius 1 is 1.05 bits per heavy atom. The number of rotatable bonds is 3. The van der Waals surface area contributed by atoms with E-state index in [1.807, 2.05) is 24.3 Å². The molecule has 0 fully saturated rings. The van der Waals surface area contributed by atoms with E-state index in [1.165, 1.54) is 21.9 Å². The van der Waals surface area contributed by atoms with Crippen molar-refractivity contribution in [1.29, 1.82) is 0 Å². The normalized spacial score (nSPS) is 13.4. The number of sulfone groups is 1. The molecule has 1 atom stereocenters. The first-order valence-electron chi connectivity index (χ1n) is 6.37. The summed E-state index contributed by atoms with van der Waals surface area (Å²) in [5.41, 5.74) is 2.26. The molecule has 0 spiro atoms. The maximum atomic E-state index is 11.5. The summed E-state index contributed by atoms with van der Waals surface area (Å²) in [5, 5.41) is 3.38. The van der Waals surface area contributed by atoms with Crippen molar-refractivity contribution < 1.29 is 8.42 Å². The Morgan fingerprint density at radius 2 is 1.71 bits per heavy atom. The van der Waals surface area contributed by atoms with E-state index < -0.39 is 9.84 Å². The highest BCUT2D eigenvalue weighted by Crippen LogP contribution is 2.38. The maximum absolute atomic E-state index is 11.5. The van der Waals surface area contributed by atoms with E-state index in [1.54, 1.807) is 23.5 Å². The third-order valence-corrected chi connectivity index (χ3v) is 6.52. The number of alkyl halides is 1. The Kier molecular flexibility index (Phi) is 3.90. The molecule has 3 rings (SSSR count). The van der Waals surface area contributed by atoms with Gasteiger partial charge in [-0.2, -0.15) is 0 Å². The van der Waals surface area contributed by atoms with Gasteiger partial charge in [-0.15, -0.1) is 11.3 Å². The summed E-state index contributed by atoms with van der Waals surface area (Å²) >= 11 is 5.45. The van der Waals surface area contributed by atoms with Crippen LogP contribution in [0.1, 0.15) is 16.0 Å². The van der Waals surface area contributed by atoms with E-state index in [4.69, 9.17) is 0 Å². The Labute approximate surface area is 136 Å². The first-order valence-corrected chi connectivity index (χ1v) is 10.1. The molecule has 1 unspecified atom stereocenters. The molecular formula is C16H13BrO2S2. The van der Waals surface area contributed by atoms with Crippen molar-refractivity contribution in [3.8, 4) is 0 Å². The topological polar surface area (TPSA) is 34.1 Å². The van der Waals surface area contributed by atoms with Gasteiger partial charge in [0.25, 0.3) is 0 Å². The largest absolute Gasteiger partial charge is 0.224 e. The summed E-state index contributed by atoms with van der Waals surface area (Å²) < 4.78 is 24.3. The Bertz CT molecular complexity index is 880. The van der Waals surface area contributed by atoms with Crippen LogP contribution in [0.2, 0.25) is 0 Å². The molecule has 0 radical (unpaired) electrons. The average Bonchev–Trinajstić information content (AvgIpc) is 2.90. The van der Waals surface area contributed by atoms with Crippen LogP contribution in [0.5, 0.6) is 0 Å². The highest BCUT2D eigenvalue weighted by Gasteiger charge is 2.16. The van der Waals surface area contributed by atoms with E-state index >= 15 is 0 Å². The number of hydrogen-bond donors (Lipinski definition) is 0. The molecule has 0 aliphatic heterocycles. The number of thiophene rings is 1. The fourth-order valence-corrected chi connectivity index (χ4v) is 4.73. The zero-order valence-corrected chi connectivity index (χ0v) is 14.5. The summed E-state index contributed by atoms with van der Waals surface area (Å²) in [7, 11) is -3.15. The molecule has 3 aromatic rings. The van der Waals surface area contributed by atoms with Crippen LogP contribution >= 0.6 is 27.3 Å². The standard InChI is InChI=1S/C16H13BrO2S2/c1-21(18,19)12-8-6-11(7-9-12)16(17)14-10-20-15-5-3-2-4-13(14)15/h2-10,16H,1H3. The van der Waals surface area contributed by atoms with Crippen LogP contribution in [-0.2, 0) is 9.84 Å². The van der Waals surface area contributed by atoms with Crippen molar-refractivity contribution in [3.63, 3.8) is 0 Å². The predicted molar refractivity (Wildman–Crippen MR) is 92.1 cm³/mol. The monoisotopic (exact) mass is 380 g/mol. The van der Waals surface area contributed by atoms with Crippen molar-refractivity contribution in [3.05, 3.63) is 65.0 Å². The van der Waals surface area contributed by atoms with Crippen LogP contribution in [0, 0.1) is 0 Å². The number of fused-ring (bicyclic) bond motifs is 1. The molecule has 0 aliphatic rings. The molecule has 5 heteroatoms. The zero-order valence-electron chi connectivity index (χ0n) is 11.3. The Balaban J connectivity index is 2.00. The minimum absolute atomic E-state index is 0.0576. The van der Waals surface area contributed by atoms with Crippen LogP contribution in [0.4, 0.5) is 0 Å². The molecule has 1 heterocycles. The Morgan fingerprint density at radius 3 is 2.38 bits per heavy atom. The van der Waals surface area contributed by atoms with Crippen LogP contribution in [0.3, 0.4) is 0 Å². The van der Waals surface area contributed by atoms with Gasteiger partial charge in [-0.25, -0.2) is 8.42 Å². The molecule has 108 valence electrons. The summed E-state index contributed by atoms with van der Waals surface area (Å²) in [4.78, 5) is 0.406. The Hall–Kier alpha value is -1.17. The van der Waals surface area contributed by atoms with Crippen LogP contribution in [0.15, 0.2) is 58.8 Å². The van der Waals surface area contributed by atoms with Crippen LogP contribution in [-0.4, -0.2) is 14.7 Å². The number of benzene rings is 2. The lowest BCUT2D eigenvalue weighted by molar-refractivity contribution is 0.602. The van der Waals surface area contributed by atoms with E-state index in [0.29, 0.717) is 4.90 Å². The van der Waals surface area contributed by atoms with Gasteiger partial charge in [0.05, 0.1) is 9.72 Å². The van der Waals surface area contributed by atoms with E-state index in [2.05, 4.69) is 33.4 Å². The number of halogens is 1. The zero-order chi connectivity index (χ0) is 15.0. The predicted octanol–water partition coefficient (Wildman–Crippen LogP) is 4.79. The molecule has 0 N–H and O–H groups in total. The SMILES string of the molecule is CS(=O)(=O)c1ccc(C(Br)c2csc3ccccc23)cc1. The third kappa shape index (κ3) is 2.91. The summed E-state index contributed by atoms with van der Waals surface area (Å²) in [6.45, 7) is 0. The van der Waals surface area contributed by atoms with Gasteiger partial charge in [0.2, 0.25) is 0 Å². The second-order valence-electron chi connectivity index (χ2n) is 4.89. The molecule has 0 saturated carbocycles. The van der Waals surface area contributed by atoms with Crippen molar-refractivity contribution in [2.24, 2.45) is 0 Å². The molecule has 0 saturated heterocycles. The summed E-state index contributed by atoms with van der Waals surface area (Å²) in [6, 6.07) is 15.3. The van der Waals surface area contributed by atoms with Crippen LogP contribution in [0.25, 0.3) is 10.1 Å². The molecule has 0 aliphatic carbocycles. The van der Waals surface area contributed by atoms with E-state index in [-0.39, 0.29) is 4.83 Å². The molecule has 2 aromatic carbocycles. The second kappa shape index (κ2) is 5.55. The van der Waals surface area contributed by atoms with Crippen molar-refractivity contribution in [1.82, 2.24) is 0 Å². The molecular weight excluding hydrogens is 368 g/mol. The molecule has 21 heavy (non-hydrogen) atoms. The minimum atomic E-state index is -3.15. The summed E-state index contributed by atoms with van der Waals surface area (Å²) in [5.74, 6) is 0. The van der Waals surface area contributed by atoms with Gasteiger partial charge >= 0.3 is 0 Å². The average molecular weight is 381 g/mol. The quantitative estimate of drug-likeness (QED) is 0.612. The number of hydrogen-bond acceptors (Lipinski definition) is 3. The van der Waals surface area contributed by atoms with Gasteiger partial charge in [0.15, 0.2) is 9.84 Å². The summed E-state index contributed by atoms with van der Waals surface area (Å²) in [6.07, 6.45) is 1.22. The first-order chi connectivity index (χ1) is 9.97. The minimum Gasteiger partial charge on any atom is -0.224 e. The highest BCUT2D eigenvalue weighted by atomic mass is 79.9. The molecule has 0 bridgehead atoms. The second-order valence-corrected chi connectivity index (χ2v) is 8.73. The highest BCUT2D eigenvalue weighted by molar-refractivity contribution is 9.09. The van der Waals surface area contributed by atoms with Gasteiger partial charge in [0, 0.05) is 11.0 Å². The fourth-order valence-electron chi connectivity index (χ4n) is 2.26. The fraction of sp³-hybridized carbons (Fsp3) is 0.125. The lowest BCUT2D eigenvalue weighted by Crippen LogP contribution is -1.98. The van der Waals surface area contributed by atoms with Gasteiger partial charge in [-0.1, -0.05) is 46.3 Å². The molecule has 0 amide bonds. The first kappa shape index (κ1) is 14.8. The lowest BCUT2D eigenvalue weighted by atomic mass is 10.0. The third-order valence-electron chi connectivity index (χ3n) is 3.38. The smallest absolute Gasteiger partial charge is 0.175 e. The maximum Gasteiger partial charge on any atom is 0.175 e. The lowest BCUT2D eigenvalue weighted by Gasteiger charge is -2.10. The van der Waals surface area contributed by atoms with E-state index in [9.17, 15) is 8.42 Å². The van der Waals surface area contributed by atoms with Crippen molar-refractivity contribution >= 4 is 47.2 Å². The van der Waals surface area contributed by atoms with E-state index in [0.717, 1.165) is 5.56 Å².